The van der Waals surface area contributed by atoms with Crippen molar-refractivity contribution < 1.29 is 37.4 Å². The number of anilines is 2. The van der Waals surface area contributed by atoms with E-state index in [1.165, 1.54) is 17.8 Å². The van der Waals surface area contributed by atoms with Crippen LogP contribution in [0.2, 0.25) is 0 Å². The van der Waals surface area contributed by atoms with Gasteiger partial charge >= 0.3 is 13.7 Å². The molecule has 218 valence electrons. The average molecular weight is 582 g/mol. The van der Waals surface area contributed by atoms with E-state index in [0.29, 0.717) is 11.3 Å². The highest BCUT2D eigenvalue weighted by atomic mass is 31.2. The number of carbonyl (C=O) groups is 1. The molecule has 1 aliphatic heterocycles. The number of benzene rings is 1. The summed E-state index contributed by atoms with van der Waals surface area (Å²) in [7, 11) is -2.66. The Morgan fingerprint density at radius 2 is 2.00 bits per heavy atom. The quantitative estimate of drug-likeness (QED) is 0.191. The molecule has 3 heterocycles. The smallest absolute Gasteiger partial charge is 0.459 e. The molecule has 0 aliphatic carbocycles. The molecule has 1 saturated heterocycles. The van der Waals surface area contributed by atoms with Gasteiger partial charge in [-0.2, -0.15) is 15.1 Å². The first kappa shape index (κ1) is 29.6. The number of aliphatic hydroxyl groups is 1. The van der Waals surface area contributed by atoms with Crippen molar-refractivity contribution in [2.75, 3.05) is 24.7 Å². The Morgan fingerprint density at radius 1 is 1.30 bits per heavy atom. The van der Waals surface area contributed by atoms with Gasteiger partial charge in [-0.1, -0.05) is 18.2 Å². The number of nitrogens with one attached hydrogen (secondary N) is 2. The first-order valence-electron chi connectivity index (χ1n) is 12.5. The number of carbonyl (C=O) groups excluding carboxylic acids is 1. The molecule has 0 amide bonds. The number of fused-ring (bicyclic) bond motifs is 1. The van der Waals surface area contributed by atoms with Crippen LogP contribution in [0.25, 0.3) is 11.2 Å². The summed E-state index contributed by atoms with van der Waals surface area (Å²) in [6, 6.07) is 7.05. The molecule has 1 aliphatic rings. The fourth-order valence-corrected chi connectivity index (χ4v) is 5.64. The Morgan fingerprint density at radius 3 is 2.65 bits per heavy atom. The van der Waals surface area contributed by atoms with Crippen molar-refractivity contribution in [3.63, 3.8) is 0 Å². The highest BCUT2D eigenvalue weighted by Gasteiger charge is 2.56. The summed E-state index contributed by atoms with van der Waals surface area (Å²) < 4.78 is 53.2. The maximum absolute atomic E-state index is 16.0. The van der Waals surface area contributed by atoms with Gasteiger partial charge in [0.1, 0.15) is 24.0 Å². The molecule has 1 fully saturated rings. The van der Waals surface area contributed by atoms with E-state index >= 15 is 4.39 Å². The van der Waals surface area contributed by atoms with Crippen LogP contribution in [0.1, 0.15) is 33.9 Å². The number of imidazole rings is 1. The number of aliphatic hydroxyl groups excluding tert-OH is 1. The summed E-state index contributed by atoms with van der Waals surface area (Å²) in [6.07, 6.45) is -3.52. The van der Waals surface area contributed by atoms with E-state index in [0.717, 1.165) is 6.92 Å². The van der Waals surface area contributed by atoms with E-state index in [4.69, 9.17) is 24.3 Å². The molecule has 5 N–H and O–H groups in total. The molecule has 16 heteroatoms. The Balaban J connectivity index is 1.56. The largest absolute Gasteiger partial charge is 0.462 e. The number of halogens is 1. The Kier molecular flexibility index (Phi) is 8.61. The third kappa shape index (κ3) is 6.18. The van der Waals surface area contributed by atoms with Crippen molar-refractivity contribution in [1.29, 1.82) is 0 Å². The highest BCUT2D eigenvalue weighted by molar-refractivity contribution is 7.52. The normalized spacial score (nSPS) is 25.1. The molecule has 6 atom stereocenters. The zero-order valence-electron chi connectivity index (χ0n) is 22.6. The minimum absolute atomic E-state index is 0.0761. The van der Waals surface area contributed by atoms with Gasteiger partial charge in [-0.25, -0.2) is 13.9 Å². The predicted octanol–water partition coefficient (Wildman–Crippen LogP) is 2.57. The molecule has 2 unspecified atom stereocenters. The first-order valence-corrected chi connectivity index (χ1v) is 14.1. The number of hydrogen-bond donors (Lipinski definition) is 4. The van der Waals surface area contributed by atoms with Gasteiger partial charge in [-0.05, 0) is 39.8 Å². The van der Waals surface area contributed by atoms with Gasteiger partial charge in [0.25, 0.3) is 0 Å². The number of para-hydroxylation sites is 1. The van der Waals surface area contributed by atoms with Crippen LogP contribution in [0.5, 0.6) is 5.75 Å². The van der Waals surface area contributed by atoms with Crippen molar-refractivity contribution in [2.24, 2.45) is 0 Å². The number of nitrogen functional groups attached to an aromatic ring is 1. The number of nitrogens with two attached hydrogens (primary N) is 1. The molecule has 0 radical (unpaired) electrons. The monoisotopic (exact) mass is 581 g/mol. The Labute approximate surface area is 230 Å². The summed E-state index contributed by atoms with van der Waals surface area (Å²) in [4.78, 5) is 24.8. The van der Waals surface area contributed by atoms with Crippen molar-refractivity contribution in [3.05, 3.63) is 36.7 Å². The lowest BCUT2D eigenvalue weighted by Crippen LogP contribution is -2.41. The van der Waals surface area contributed by atoms with Gasteiger partial charge < -0.3 is 30.2 Å². The molecular formula is C24H33FN7O7P. The lowest BCUT2D eigenvalue weighted by atomic mass is 9.98. The van der Waals surface area contributed by atoms with Crippen LogP contribution in [-0.4, -0.2) is 74.3 Å². The topological polar surface area (TPSA) is 185 Å². The van der Waals surface area contributed by atoms with Gasteiger partial charge in [0, 0.05) is 7.05 Å². The maximum atomic E-state index is 16.0. The highest BCUT2D eigenvalue weighted by Crippen LogP contribution is 2.48. The number of hydrogen-bond acceptors (Lipinski definition) is 12. The minimum atomic E-state index is -4.28. The molecule has 3 aromatic rings. The van der Waals surface area contributed by atoms with E-state index in [1.807, 2.05) is 0 Å². The molecule has 14 nitrogen and oxygen atoms in total. The summed E-state index contributed by atoms with van der Waals surface area (Å²) in [5, 5.41) is 16.2. The molecule has 0 spiro atoms. The van der Waals surface area contributed by atoms with Crippen molar-refractivity contribution in [3.8, 4) is 5.75 Å². The van der Waals surface area contributed by atoms with Crippen molar-refractivity contribution in [1.82, 2.24) is 24.6 Å². The zero-order chi connectivity index (χ0) is 29.2. The third-order valence-electron chi connectivity index (χ3n) is 6.08. The molecule has 0 saturated carbocycles. The molecule has 1 aromatic carbocycles. The SMILES string of the molecule is CNc1nc(N)nc2c1ncn2[C@@H]1OC(COP(=O)(N[C@H](C)C(=O)OC(C)C)Oc2ccccc2)[C@@H](O)[C@@]1(C)F. The predicted molar refractivity (Wildman–Crippen MR) is 143 cm³/mol. The summed E-state index contributed by atoms with van der Waals surface area (Å²) in [5.41, 5.74) is 3.94. The van der Waals surface area contributed by atoms with E-state index in [2.05, 4.69) is 25.4 Å². The van der Waals surface area contributed by atoms with Gasteiger partial charge in [-0.15, -0.1) is 0 Å². The molecule has 40 heavy (non-hydrogen) atoms. The van der Waals surface area contributed by atoms with Crippen molar-refractivity contribution in [2.45, 2.75) is 63.9 Å². The van der Waals surface area contributed by atoms with Gasteiger partial charge in [0.05, 0.1) is 19.0 Å². The fourth-order valence-electron chi connectivity index (χ4n) is 4.14. The minimum Gasteiger partial charge on any atom is -0.462 e. The maximum Gasteiger partial charge on any atom is 0.459 e. The number of ether oxygens (including phenoxy) is 2. The second kappa shape index (κ2) is 11.6. The van der Waals surface area contributed by atoms with E-state index in [1.54, 1.807) is 51.2 Å². The summed E-state index contributed by atoms with van der Waals surface area (Å²) in [6.45, 7) is 5.37. The molecular weight excluding hydrogens is 548 g/mol. The van der Waals surface area contributed by atoms with Crippen LogP contribution < -0.4 is 20.7 Å². The first-order chi connectivity index (χ1) is 18.8. The van der Waals surface area contributed by atoms with Crippen LogP contribution in [0.4, 0.5) is 16.2 Å². The molecule has 4 rings (SSSR count). The van der Waals surface area contributed by atoms with E-state index in [-0.39, 0.29) is 17.3 Å². The van der Waals surface area contributed by atoms with Crippen LogP contribution >= 0.6 is 7.75 Å². The summed E-state index contributed by atoms with van der Waals surface area (Å²) >= 11 is 0. The van der Waals surface area contributed by atoms with Gasteiger partial charge in [-0.3, -0.25) is 13.9 Å². The molecule has 2 aromatic heterocycles. The third-order valence-corrected chi connectivity index (χ3v) is 7.72. The zero-order valence-corrected chi connectivity index (χ0v) is 23.5. The second-order valence-corrected chi connectivity index (χ2v) is 11.4. The van der Waals surface area contributed by atoms with Crippen LogP contribution in [-0.2, 0) is 23.4 Å². The van der Waals surface area contributed by atoms with E-state index in [9.17, 15) is 14.5 Å². The Bertz CT molecular complexity index is 1390. The average Bonchev–Trinajstić information content (AvgIpc) is 3.40. The van der Waals surface area contributed by atoms with E-state index < -0.39 is 56.6 Å². The second-order valence-electron chi connectivity index (χ2n) is 9.66. The number of alkyl halides is 1. The van der Waals surface area contributed by atoms with Gasteiger partial charge in [0.15, 0.2) is 28.9 Å². The van der Waals surface area contributed by atoms with Crippen molar-refractivity contribution >= 4 is 36.6 Å². The van der Waals surface area contributed by atoms with Gasteiger partial charge in [0.2, 0.25) is 5.95 Å². The number of aromatic nitrogens is 4. The summed E-state index contributed by atoms with van der Waals surface area (Å²) in [5.74, 6) is -0.243. The van der Waals surface area contributed by atoms with Crippen LogP contribution in [0.3, 0.4) is 0 Å². The number of nitrogens with zero attached hydrogens (tertiary/aromatic N) is 4. The molecule has 0 bridgehead atoms. The lowest BCUT2D eigenvalue weighted by Gasteiger charge is -2.25. The standard InChI is InChI=1S/C24H33FN7O7P/c1-13(2)37-21(34)14(3)31-40(35,39-15-9-7-6-8-10-15)36-11-16-18(33)24(4,25)22(38-16)32-12-28-17-19(27-5)29-23(26)30-20(17)32/h6-10,12-14,16,18,22,33H,11H2,1-5H3,(H,31,35)(H3,26,27,29,30)/t14-,16?,18-,22-,24-,40?/m1/s1. The van der Waals surface area contributed by atoms with Crippen LogP contribution in [0.15, 0.2) is 36.7 Å². The fraction of sp³-hybridized carbons (Fsp3) is 0.500. The number of rotatable bonds is 11. The number of esters is 1. The van der Waals surface area contributed by atoms with Crippen LogP contribution in [0, 0.1) is 0 Å². The lowest BCUT2D eigenvalue weighted by molar-refractivity contribution is -0.149. The Hall–Kier alpha value is -3.36.